The molecule has 0 aliphatic rings. The van der Waals surface area contributed by atoms with Crippen LogP contribution >= 0.6 is 0 Å². The Morgan fingerprint density at radius 2 is 2.43 bits per heavy atom. The number of hydrogen-bond acceptors (Lipinski definition) is 6. The maximum absolute atomic E-state index is 11.2. The number of hydrogen-bond donors (Lipinski definition) is 1. The van der Waals surface area contributed by atoms with Gasteiger partial charge in [-0.25, -0.2) is 0 Å². The van der Waals surface area contributed by atoms with Crippen LogP contribution in [-0.2, 0) is 9.53 Å². The molecule has 0 aliphatic carbocycles. The lowest BCUT2D eigenvalue weighted by Gasteiger charge is -2.06. The minimum atomic E-state index is -0.628. The molecule has 6 heteroatoms. The van der Waals surface area contributed by atoms with E-state index in [0.29, 0.717) is 11.6 Å². The third kappa shape index (κ3) is 2.02. The van der Waals surface area contributed by atoms with Gasteiger partial charge in [0.2, 0.25) is 0 Å². The topological polar surface area (TPSA) is 87.6 Å². The second-order valence-corrected chi connectivity index (χ2v) is 2.58. The van der Waals surface area contributed by atoms with Gasteiger partial charge >= 0.3 is 5.97 Å². The molecule has 1 aromatic heterocycles. The molecule has 0 radical (unpaired) electrons. The fourth-order valence-electron chi connectivity index (χ4n) is 1.00. The Morgan fingerprint density at radius 1 is 1.71 bits per heavy atom. The number of esters is 1. The summed E-state index contributed by atoms with van der Waals surface area (Å²) in [5.41, 5.74) is 5.40. The van der Waals surface area contributed by atoms with Crippen LogP contribution < -0.4 is 10.5 Å². The van der Waals surface area contributed by atoms with Gasteiger partial charge in [0.05, 0.1) is 14.2 Å². The maximum Gasteiger partial charge on any atom is 0.317 e. The van der Waals surface area contributed by atoms with Crippen LogP contribution in [0.25, 0.3) is 0 Å². The Hall–Kier alpha value is -1.56. The molecule has 1 atom stereocenters. The van der Waals surface area contributed by atoms with Gasteiger partial charge in [-0.15, -0.1) is 0 Å². The first-order valence-electron chi connectivity index (χ1n) is 4.01. The summed E-state index contributed by atoms with van der Waals surface area (Å²) in [7, 11) is 2.75. The summed E-state index contributed by atoms with van der Waals surface area (Å²) in [4.78, 5) is 11.2. The van der Waals surface area contributed by atoms with Crippen molar-refractivity contribution in [1.82, 2.24) is 5.16 Å². The minimum absolute atomic E-state index is 0.102. The monoisotopic (exact) mass is 200 g/mol. The number of aromatic nitrogens is 1. The molecule has 1 unspecified atom stereocenters. The van der Waals surface area contributed by atoms with Crippen LogP contribution in [-0.4, -0.2) is 31.9 Å². The molecule has 0 spiro atoms. The highest BCUT2D eigenvalue weighted by atomic mass is 16.5. The van der Waals surface area contributed by atoms with Crippen LogP contribution in [0.3, 0.4) is 0 Å². The van der Waals surface area contributed by atoms with Gasteiger partial charge in [0.25, 0.3) is 5.88 Å². The number of ether oxygens (including phenoxy) is 2. The van der Waals surface area contributed by atoms with E-state index in [1.165, 1.54) is 20.3 Å². The predicted octanol–water partition coefficient (Wildman–Crippen LogP) is -0.102. The van der Waals surface area contributed by atoms with Crippen molar-refractivity contribution in [2.24, 2.45) is 5.73 Å². The van der Waals surface area contributed by atoms with E-state index in [0.717, 1.165) is 0 Å². The van der Waals surface area contributed by atoms with Gasteiger partial charge in [-0.1, -0.05) is 0 Å². The van der Waals surface area contributed by atoms with Gasteiger partial charge in [-0.3, -0.25) is 4.79 Å². The van der Waals surface area contributed by atoms with E-state index in [4.69, 9.17) is 15.0 Å². The second-order valence-electron chi connectivity index (χ2n) is 2.58. The maximum atomic E-state index is 11.2. The van der Waals surface area contributed by atoms with E-state index in [1.54, 1.807) is 0 Å². The molecule has 2 N–H and O–H groups in total. The Labute approximate surface area is 80.9 Å². The van der Waals surface area contributed by atoms with Crippen LogP contribution in [0.5, 0.6) is 5.88 Å². The average molecular weight is 200 g/mol. The van der Waals surface area contributed by atoms with Gasteiger partial charge in [0.15, 0.2) is 5.76 Å². The quantitative estimate of drug-likeness (QED) is 0.683. The molecule has 6 nitrogen and oxygen atoms in total. The third-order valence-electron chi connectivity index (χ3n) is 1.78. The summed E-state index contributed by atoms with van der Waals surface area (Å²) in [5, 5.41) is 3.56. The Balaban J connectivity index is 2.83. The Bertz CT molecular complexity index is 310. The predicted molar refractivity (Wildman–Crippen MR) is 46.9 cm³/mol. The van der Waals surface area contributed by atoms with Crippen LogP contribution in [0, 0.1) is 0 Å². The van der Waals surface area contributed by atoms with Crippen molar-refractivity contribution < 1.29 is 18.8 Å². The first-order valence-corrected chi connectivity index (χ1v) is 4.01. The van der Waals surface area contributed by atoms with Crippen LogP contribution in [0.4, 0.5) is 0 Å². The van der Waals surface area contributed by atoms with Crippen LogP contribution in [0.2, 0.25) is 0 Å². The summed E-state index contributed by atoms with van der Waals surface area (Å²) < 4.78 is 14.2. The molecule has 0 bridgehead atoms. The van der Waals surface area contributed by atoms with Crippen molar-refractivity contribution in [2.45, 2.75) is 5.92 Å². The van der Waals surface area contributed by atoms with Gasteiger partial charge in [-0.2, -0.15) is 0 Å². The number of carbonyl (C=O) groups excluding carboxylic acids is 1. The lowest BCUT2D eigenvalue weighted by atomic mass is 10.1. The van der Waals surface area contributed by atoms with E-state index < -0.39 is 11.9 Å². The van der Waals surface area contributed by atoms with Crippen molar-refractivity contribution in [2.75, 3.05) is 20.8 Å². The zero-order valence-electron chi connectivity index (χ0n) is 8.02. The van der Waals surface area contributed by atoms with Crippen LogP contribution in [0.1, 0.15) is 11.7 Å². The molecule has 0 saturated heterocycles. The second kappa shape index (κ2) is 4.61. The zero-order chi connectivity index (χ0) is 10.6. The normalized spacial score (nSPS) is 12.2. The molecular formula is C8H12N2O4. The number of carbonyl (C=O) groups is 1. The molecule has 0 aromatic carbocycles. The SMILES string of the molecule is COC(=O)C(CN)c1cc(OC)no1. The molecule has 1 heterocycles. The molecule has 0 fully saturated rings. The van der Waals surface area contributed by atoms with E-state index >= 15 is 0 Å². The number of nitrogens with two attached hydrogens (primary N) is 1. The fourth-order valence-corrected chi connectivity index (χ4v) is 1.00. The van der Waals surface area contributed by atoms with Crippen molar-refractivity contribution in [3.8, 4) is 5.88 Å². The molecule has 0 amide bonds. The van der Waals surface area contributed by atoms with Crippen molar-refractivity contribution in [3.05, 3.63) is 11.8 Å². The molecule has 1 aromatic rings. The minimum Gasteiger partial charge on any atom is -0.479 e. The molecule has 1 rings (SSSR count). The molecule has 14 heavy (non-hydrogen) atoms. The lowest BCUT2D eigenvalue weighted by molar-refractivity contribution is -0.142. The average Bonchev–Trinajstić information content (AvgIpc) is 2.67. The van der Waals surface area contributed by atoms with Crippen LogP contribution in [0.15, 0.2) is 10.6 Å². The Morgan fingerprint density at radius 3 is 2.86 bits per heavy atom. The molecule has 78 valence electrons. The summed E-state index contributed by atoms with van der Waals surface area (Å²) >= 11 is 0. The van der Waals surface area contributed by atoms with Gasteiger partial charge < -0.3 is 19.7 Å². The molecule has 0 saturated carbocycles. The first-order chi connectivity index (χ1) is 6.72. The lowest BCUT2D eigenvalue weighted by Crippen LogP contribution is -2.22. The van der Waals surface area contributed by atoms with Crippen molar-refractivity contribution >= 4 is 5.97 Å². The Kier molecular flexibility index (Phi) is 3.47. The van der Waals surface area contributed by atoms with E-state index in [2.05, 4.69) is 9.89 Å². The van der Waals surface area contributed by atoms with E-state index in [9.17, 15) is 4.79 Å². The highest BCUT2D eigenvalue weighted by molar-refractivity contribution is 5.77. The van der Waals surface area contributed by atoms with E-state index in [-0.39, 0.29) is 6.54 Å². The van der Waals surface area contributed by atoms with Crippen molar-refractivity contribution in [3.63, 3.8) is 0 Å². The number of nitrogens with zero attached hydrogens (tertiary/aromatic N) is 1. The van der Waals surface area contributed by atoms with E-state index in [1.807, 2.05) is 0 Å². The summed E-state index contributed by atoms with van der Waals surface area (Å²) in [6.07, 6.45) is 0. The highest BCUT2D eigenvalue weighted by Gasteiger charge is 2.24. The zero-order valence-corrected chi connectivity index (χ0v) is 8.02. The third-order valence-corrected chi connectivity index (χ3v) is 1.78. The summed E-state index contributed by atoms with van der Waals surface area (Å²) in [5.74, 6) is -0.429. The summed E-state index contributed by atoms with van der Waals surface area (Å²) in [6.45, 7) is 0.102. The van der Waals surface area contributed by atoms with Crippen molar-refractivity contribution in [1.29, 1.82) is 0 Å². The number of rotatable bonds is 4. The molecule has 0 aliphatic heterocycles. The first kappa shape index (κ1) is 10.5. The van der Waals surface area contributed by atoms with Gasteiger partial charge in [-0.05, 0) is 5.16 Å². The standard InChI is InChI=1S/C8H12N2O4/c1-12-7-3-6(14-10-7)5(4-9)8(11)13-2/h3,5H,4,9H2,1-2H3. The van der Waals surface area contributed by atoms with Gasteiger partial charge in [0, 0.05) is 12.6 Å². The van der Waals surface area contributed by atoms with Gasteiger partial charge in [0.1, 0.15) is 5.92 Å². The smallest absolute Gasteiger partial charge is 0.317 e. The highest BCUT2D eigenvalue weighted by Crippen LogP contribution is 2.20. The largest absolute Gasteiger partial charge is 0.479 e. The summed E-state index contributed by atoms with van der Waals surface area (Å²) in [6, 6.07) is 1.51. The number of methoxy groups -OCH3 is 2. The fraction of sp³-hybridized carbons (Fsp3) is 0.500. The molecular weight excluding hydrogens is 188 g/mol.